The highest BCUT2D eigenvalue weighted by Crippen LogP contribution is 2.07. The third-order valence-electron chi connectivity index (χ3n) is 3.29. The number of rotatable bonds is 9. The van der Waals surface area contributed by atoms with E-state index in [2.05, 4.69) is 47.4 Å². The number of nitrogens with zero attached hydrogens (tertiary/aromatic N) is 4. The van der Waals surface area contributed by atoms with Gasteiger partial charge in [0.25, 0.3) is 5.82 Å². The number of methoxy groups -OCH3 is 1. The average Bonchev–Trinajstić information content (AvgIpc) is 2.89. The SMILES string of the molecule is COC(=O)c1ncn(CN(CCC(C)C)CCC(C)C)n1. The van der Waals surface area contributed by atoms with Crippen molar-refractivity contribution in [3.63, 3.8) is 0 Å². The van der Waals surface area contributed by atoms with Gasteiger partial charge < -0.3 is 4.74 Å². The number of aromatic nitrogens is 3. The molecule has 0 saturated heterocycles. The van der Waals surface area contributed by atoms with Gasteiger partial charge in [-0.25, -0.2) is 14.5 Å². The van der Waals surface area contributed by atoms with E-state index in [1.807, 2.05) is 0 Å². The Balaban J connectivity index is 2.61. The van der Waals surface area contributed by atoms with Gasteiger partial charge in [0, 0.05) is 13.1 Å². The van der Waals surface area contributed by atoms with E-state index in [4.69, 9.17) is 0 Å². The van der Waals surface area contributed by atoms with E-state index in [0.717, 1.165) is 25.9 Å². The predicted octanol–water partition coefficient (Wildman–Crippen LogP) is 2.42. The Morgan fingerprint density at radius 2 is 1.81 bits per heavy atom. The van der Waals surface area contributed by atoms with E-state index in [9.17, 15) is 4.79 Å². The molecule has 0 bridgehead atoms. The van der Waals surface area contributed by atoms with E-state index >= 15 is 0 Å². The molecule has 0 aliphatic heterocycles. The van der Waals surface area contributed by atoms with Gasteiger partial charge in [0.1, 0.15) is 6.33 Å². The first-order valence-electron chi connectivity index (χ1n) is 7.62. The summed E-state index contributed by atoms with van der Waals surface area (Å²) < 4.78 is 6.32. The third kappa shape index (κ3) is 6.71. The maximum atomic E-state index is 11.4. The Hall–Kier alpha value is -1.43. The zero-order chi connectivity index (χ0) is 15.8. The summed E-state index contributed by atoms with van der Waals surface area (Å²) in [6, 6.07) is 0. The Labute approximate surface area is 127 Å². The van der Waals surface area contributed by atoms with Gasteiger partial charge in [-0.05, 0) is 24.7 Å². The van der Waals surface area contributed by atoms with E-state index in [-0.39, 0.29) is 5.82 Å². The molecular weight excluding hydrogens is 268 g/mol. The van der Waals surface area contributed by atoms with Crippen molar-refractivity contribution in [3.05, 3.63) is 12.2 Å². The quantitative estimate of drug-likeness (QED) is 0.655. The molecule has 0 N–H and O–H groups in total. The molecule has 0 fully saturated rings. The zero-order valence-electron chi connectivity index (χ0n) is 13.9. The van der Waals surface area contributed by atoms with Crippen molar-refractivity contribution in [2.75, 3.05) is 20.2 Å². The second-order valence-corrected chi connectivity index (χ2v) is 6.22. The first kappa shape index (κ1) is 17.6. The molecule has 0 aromatic carbocycles. The van der Waals surface area contributed by atoms with Gasteiger partial charge in [-0.1, -0.05) is 27.7 Å². The standard InChI is InChI=1S/C15H28N4O2/c1-12(2)6-8-18(9-7-13(3)4)11-19-10-16-14(17-19)15(20)21-5/h10,12-13H,6-9,11H2,1-5H3. The van der Waals surface area contributed by atoms with Crippen molar-refractivity contribution in [2.24, 2.45) is 11.8 Å². The smallest absolute Gasteiger partial charge is 0.377 e. The Morgan fingerprint density at radius 3 is 2.29 bits per heavy atom. The molecule has 21 heavy (non-hydrogen) atoms. The molecule has 1 rings (SSSR count). The lowest BCUT2D eigenvalue weighted by molar-refractivity contribution is 0.0585. The summed E-state index contributed by atoms with van der Waals surface area (Å²) >= 11 is 0. The van der Waals surface area contributed by atoms with Crippen molar-refractivity contribution in [2.45, 2.75) is 47.2 Å². The summed E-state index contributed by atoms with van der Waals surface area (Å²) in [5.41, 5.74) is 0. The van der Waals surface area contributed by atoms with E-state index in [1.165, 1.54) is 7.11 Å². The fourth-order valence-corrected chi connectivity index (χ4v) is 1.89. The van der Waals surface area contributed by atoms with Crippen molar-refractivity contribution in [3.8, 4) is 0 Å². The summed E-state index contributed by atoms with van der Waals surface area (Å²) in [6.07, 6.45) is 3.89. The van der Waals surface area contributed by atoms with Gasteiger partial charge in [0.15, 0.2) is 0 Å². The Bertz CT molecular complexity index is 417. The molecule has 1 heterocycles. The van der Waals surface area contributed by atoms with Gasteiger partial charge >= 0.3 is 5.97 Å². The van der Waals surface area contributed by atoms with Gasteiger partial charge in [-0.15, -0.1) is 5.10 Å². The zero-order valence-corrected chi connectivity index (χ0v) is 13.9. The van der Waals surface area contributed by atoms with Crippen LogP contribution in [0.4, 0.5) is 0 Å². The van der Waals surface area contributed by atoms with Crippen molar-refractivity contribution < 1.29 is 9.53 Å². The van der Waals surface area contributed by atoms with Crippen LogP contribution in [0.3, 0.4) is 0 Å². The summed E-state index contributed by atoms with van der Waals surface area (Å²) in [6.45, 7) is 11.6. The van der Waals surface area contributed by atoms with Crippen LogP contribution in [0.1, 0.15) is 51.2 Å². The molecule has 0 unspecified atom stereocenters. The minimum atomic E-state index is -0.496. The average molecular weight is 296 g/mol. The van der Waals surface area contributed by atoms with Crippen LogP contribution in [0.15, 0.2) is 6.33 Å². The summed E-state index contributed by atoms with van der Waals surface area (Å²) in [7, 11) is 1.33. The van der Waals surface area contributed by atoms with E-state index in [1.54, 1.807) is 11.0 Å². The summed E-state index contributed by atoms with van der Waals surface area (Å²) in [5, 5.41) is 4.16. The minimum Gasteiger partial charge on any atom is -0.463 e. The van der Waals surface area contributed by atoms with Crippen LogP contribution >= 0.6 is 0 Å². The second-order valence-electron chi connectivity index (χ2n) is 6.22. The van der Waals surface area contributed by atoms with Gasteiger partial charge in [-0.2, -0.15) is 0 Å². The van der Waals surface area contributed by atoms with Crippen molar-refractivity contribution >= 4 is 5.97 Å². The number of ether oxygens (including phenoxy) is 1. The van der Waals surface area contributed by atoms with Crippen LogP contribution < -0.4 is 0 Å². The highest BCUT2D eigenvalue weighted by atomic mass is 16.5. The fraction of sp³-hybridized carbons (Fsp3) is 0.800. The van der Waals surface area contributed by atoms with Crippen LogP contribution in [0.25, 0.3) is 0 Å². The molecular formula is C15H28N4O2. The normalized spacial score (nSPS) is 11.6. The number of carbonyl (C=O) groups excluding carboxylic acids is 1. The van der Waals surface area contributed by atoms with Gasteiger partial charge in [0.2, 0.25) is 0 Å². The van der Waals surface area contributed by atoms with E-state index in [0.29, 0.717) is 18.5 Å². The molecule has 0 aliphatic carbocycles. The molecule has 0 amide bonds. The third-order valence-corrected chi connectivity index (χ3v) is 3.29. The van der Waals surface area contributed by atoms with E-state index < -0.39 is 5.97 Å². The first-order valence-corrected chi connectivity index (χ1v) is 7.62. The monoisotopic (exact) mass is 296 g/mol. The highest BCUT2D eigenvalue weighted by Gasteiger charge is 2.13. The Morgan fingerprint density at radius 1 is 1.24 bits per heavy atom. The predicted molar refractivity (Wildman–Crippen MR) is 81.8 cm³/mol. The lowest BCUT2D eigenvalue weighted by Gasteiger charge is -2.23. The summed E-state index contributed by atoms with van der Waals surface area (Å²) in [5.74, 6) is 0.968. The number of carbonyl (C=O) groups is 1. The maximum Gasteiger partial charge on any atom is 0.377 e. The molecule has 0 spiro atoms. The number of hydrogen-bond acceptors (Lipinski definition) is 5. The molecule has 0 radical (unpaired) electrons. The molecule has 1 aromatic heterocycles. The van der Waals surface area contributed by atoms with Crippen molar-refractivity contribution in [1.82, 2.24) is 19.7 Å². The van der Waals surface area contributed by atoms with Crippen LogP contribution in [0, 0.1) is 11.8 Å². The largest absolute Gasteiger partial charge is 0.463 e. The fourth-order valence-electron chi connectivity index (χ4n) is 1.89. The highest BCUT2D eigenvalue weighted by molar-refractivity contribution is 5.84. The van der Waals surface area contributed by atoms with Gasteiger partial charge in [-0.3, -0.25) is 4.90 Å². The molecule has 6 nitrogen and oxygen atoms in total. The maximum absolute atomic E-state index is 11.4. The second kappa shape index (κ2) is 8.77. The molecule has 6 heteroatoms. The first-order chi connectivity index (χ1) is 9.92. The van der Waals surface area contributed by atoms with Gasteiger partial charge in [0.05, 0.1) is 13.8 Å². The topological polar surface area (TPSA) is 60.2 Å². The minimum absolute atomic E-state index is 0.116. The van der Waals surface area contributed by atoms with Crippen LogP contribution in [-0.4, -0.2) is 45.8 Å². The van der Waals surface area contributed by atoms with Crippen LogP contribution in [-0.2, 0) is 11.4 Å². The molecule has 0 aliphatic rings. The number of esters is 1. The number of hydrogen-bond donors (Lipinski definition) is 0. The lowest BCUT2D eigenvalue weighted by atomic mass is 10.1. The molecule has 1 aromatic rings. The van der Waals surface area contributed by atoms with Crippen LogP contribution in [0.5, 0.6) is 0 Å². The molecule has 120 valence electrons. The van der Waals surface area contributed by atoms with Crippen molar-refractivity contribution in [1.29, 1.82) is 0 Å². The lowest BCUT2D eigenvalue weighted by Crippen LogP contribution is -2.30. The van der Waals surface area contributed by atoms with Crippen LogP contribution in [0.2, 0.25) is 0 Å². The molecule has 0 atom stereocenters. The molecule has 0 saturated carbocycles. The Kier molecular flexibility index (Phi) is 7.36. The summed E-state index contributed by atoms with van der Waals surface area (Å²) in [4.78, 5) is 17.7.